The van der Waals surface area contributed by atoms with Crippen molar-refractivity contribution in [3.05, 3.63) is 64.7 Å². The second-order valence-corrected chi connectivity index (χ2v) is 7.25. The van der Waals surface area contributed by atoms with E-state index in [2.05, 4.69) is 25.7 Å². The average molecular weight is 433 g/mol. The molecule has 168 valence electrons. The average Bonchev–Trinajstić information content (AvgIpc) is 2.75. The Labute approximate surface area is 182 Å². The van der Waals surface area contributed by atoms with Crippen molar-refractivity contribution in [2.75, 3.05) is 7.05 Å². The number of rotatable bonds is 9. The number of carbonyl (C=O) groups excluding carboxylic acids is 1. The highest BCUT2D eigenvalue weighted by Gasteiger charge is 2.11. The van der Waals surface area contributed by atoms with Crippen molar-refractivity contribution in [1.82, 2.24) is 16.0 Å². The van der Waals surface area contributed by atoms with Gasteiger partial charge in [0.05, 0.1) is 0 Å². The molecule has 1 unspecified atom stereocenters. The van der Waals surface area contributed by atoms with Crippen molar-refractivity contribution in [3.8, 4) is 5.75 Å². The first-order chi connectivity index (χ1) is 14.8. The predicted octanol–water partition coefficient (Wildman–Crippen LogP) is 3.99. The number of guanidine groups is 1. The summed E-state index contributed by atoms with van der Waals surface area (Å²) in [5.74, 6) is 0.521. The fourth-order valence-corrected chi connectivity index (χ4v) is 2.87. The van der Waals surface area contributed by atoms with Gasteiger partial charge in [0.15, 0.2) is 5.96 Å². The van der Waals surface area contributed by atoms with Gasteiger partial charge in [-0.15, -0.1) is 0 Å². The van der Waals surface area contributed by atoms with Gasteiger partial charge in [-0.3, -0.25) is 9.79 Å². The number of ether oxygens (including phenoxy) is 1. The Hall–Kier alpha value is -3.16. The summed E-state index contributed by atoms with van der Waals surface area (Å²) in [6, 6.07) is 12.5. The molecular weight excluding hydrogens is 402 g/mol. The molecule has 2 rings (SSSR count). The number of hydrogen-bond donors (Lipinski definition) is 3. The SMILES string of the molecule is CCC(C)NC(=O)c1cccc(CNC(=NC)NCc2cc(C)ccc2OC(F)F)c1. The van der Waals surface area contributed by atoms with Crippen LogP contribution in [0.15, 0.2) is 47.5 Å². The van der Waals surface area contributed by atoms with Crippen LogP contribution >= 0.6 is 0 Å². The first kappa shape index (κ1) is 24.1. The molecule has 0 spiro atoms. The summed E-state index contributed by atoms with van der Waals surface area (Å²) in [5.41, 5.74) is 3.05. The van der Waals surface area contributed by atoms with Gasteiger partial charge in [0.25, 0.3) is 5.91 Å². The second-order valence-electron chi connectivity index (χ2n) is 7.25. The summed E-state index contributed by atoms with van der Waals surface area (Å²) in [5, 5.41) is 9.22. The molecule has 0 aliphatic heterocycles. The Bertz CT molecular complexity index is 903. The lowest BCUT2D eigenvalue weighted by Crippen LogP contribution is -2.36. The Morgan fingerprint density at radius 2 is 1.87 bits per heavy atom. The predicted molar refractivity (Wildman–Crippen MR) is 119 cm³/mol. The molecule has 1 amide bonds. The first-order valence-electron chi connectivity index (χ1n) is 10.2. The minimum Gasteiger partial charge on any atom is -0.434 e. The Balaban J connectivity index is 1.97. The highest BCUT2D eigenvalue weighted by Crippen LogP contribution is 2.22. The lowest BCUT2D eigenvalue weighted by atomic mass is 10.1. The molecule has 0 aliphatic rings. The molecule has 3 N–H and O–H groups in total. The Morgan fingerprint density at radius 3 is 2.55 bits per heavy atom. The summed E-state index contributed by atoms with van der Waals surface area (Å²) in [6.45, 7) is 3.68. The van der Waals surface area contributed by atoms with Crippen molar-refractivity contribution >= 4 is 11.9 Å². The highest BCUT2D eigenvalue weighted by molar-refractivity contribution is 5.94. The lowest BCUT2D eigenvalue weighted by molar-refractivity contribution is -0.0504. The fourth-order valence-electron chi connectivity index (χ4n) is 2.87. The molecular formula is C23H30F2N4O2. The van der Waals surface area contributed by atoms with Crippen LogP contribution in [0.5, 0.6) is 5.75 Å². The maximum atomic E-state index is 12.6. The molecule has 2 aromatic carbocycles. The number of carbonyl (C=O) groups is 1. The molecule has 0 aromatic heterocycles. The van der Waals surface area contributed by atoms with Crippen LogP contribution in [0, 0.1) is 6.92 Å². The summed E-state index contributed by atoms with van der Waals surface area (Å²) in [7, 11) is 1.62. The zero-order valence-corrected chi connectivity index (χ0v) is 18.3. The molecule has 0 heterocycles. The monoisotopic (exact) mass is 432 g/mol. The van der Waals surface area contributed by atoms with E-state index in [0.29, 0.717) is 23.6 Å². The first-order valence-corrected chi connectivity index (χ1v) is 10.2. The van der Waals surface area contributed by atoms with Gasteiger partial charge in [-0.1, -0.05) is 36.8 Å². The molecule has 0 saturated carbocycles. The van der Waals surface area contributed by atoms with Gasteiger partial charge >= 0.3 is 6.61 Å². The summed E-state index contributed by atoms with van der Waals surface area (Å²) in [4.78, 5) is 16.5. The number of nitrogens with zero attached hydrogens (tertiary/aromatic N) is 1. The number of amides is 1. The van der Waals surface area contributed by atoms with Gasteiger partial charge in [0.1, 0.15) is 5.75 Å². The maximum absolute atomic E-state index is 12.6. The standard InChI is InChI=1S/C23H30F2N4O2/c1-5-16(3)29-21(30)18-8-6-7-17(12-18)13-27-23(26-4)28-14-19-11-15(2)9-10-20(19)31-22(24)25/h6-12,16,22H,5,13-14H2,1-4H3,(H,29,30)(H2,26,27,28). The third kappa shape index (κ3) is 7.88. The third-order valence-electron chi connectivity index (χ3n) is 4.74. The molecule has 0 bridgehead atoms. The second kappa shape index (κ2) is 11.9. The van der Waals surface area contributed by atoms with Crippen LogP contribution in [-0.4, -0.2) is 31.6 Å². The van der Waals surface area contributed by atoms with E-state index in [1.807, 2.05) is 39.0 Å². The van der Waals surface area contributed by atoms with Crippen molar-refractivity contribution < 1.29 is 18.3 Å². The lowest BCUT2D eigenvalue weighted by Gasteiger charge is -2.16. The third-order valence-corrected chi connectivity index (χ3v) is 4.74. The van der Waals surface area contributed by atoms with Gasteiger partial charge in [0.2, 0.25) is 0 Å². The van der Waals surface area contributed by atoms with Crippen molar-refractivity contribution in [2.45, 2.75) is 52.9 Å². The molecule has 2 aromatic rings. The number of benzene rings is 2. The Kier molecular flexibility index (Phi) is 9.24. The van der Waals surface area contributed by atoms with Crippen LogP contribution in [0.2, 0.25) is 0 Å². The van der Waals surface area contributed by atoms with E-state index in [1.165, 1.54) is 6.07 Å². The number of nitrogens with one attached hydrogen (secondary N) is 3. The van der Waals surface area contributed by atoms with E-state index in [1.54, 1.807) is 25.2 Å². The highest BCUT2D eigenvalue weighted by atomic mass is 19.3. The maximum Gasteiger partial charge on any atom is 0.387 e. The Morgan fingerprint density at radius 1 is 1.13 bits per heavy atom. The van der Waals surface area contributed by atoms with Crippen molar-refractivity contribution in [2.24, 2.45) is 4.99 Å². The number of halogens is 2. The summed E-state index contributed by atoms with van der Waals surface area (Å²) >= 11 is 0. The number of aryl methyl sites for hydroxylation is 1. The largest absolute Gasteiger partial charge is 0.434 e. The molecule has 0 fully saturated rings. The molecule has 8 heteroatoms. The van der Waals surface area contributed by atoms with E-state index in [4.69, 9.17) is 0 Å². The molecule has 0 saturated heterocycles. The van der Waals surface area contributed by atoms with Gasteiger partial charge in [0, 0.05) is 37.3 Å². The summed E-state index contributed by atoms with van der Waals surface area (Å²) < 4.78 is 29.9. The normalized spacial score (nSPS) is 12.4. The van der Waals surface area contributed by atoms with Gasteiger partial charge in [-0.25, -0.2) is 0 Å². The zero-order valence-electron chi connectivity index (χ0n) is 18.3. The van der Waals surface area contributed by atoms with E-state index in [0.717, 1.165) is 17.5 Å². The van der Waals surface area contributed by atoms with Crippen molar-refractivity contribution in [3.63, 3.8) is 0 Å². The molecule has 31 heavy (non-hydrogen) atoms. The van der Waals surface area contributed by atoms with Crippen LogP contribution in [0.1, 0.15) is 47.3 Å². The van der Waals surface area contributed by atoms with Crippen LogP contribution in [-0.2, 0) is 13.1 Å². The van der Waals surface area contributed by atoms with Crippen LogP contribution < -0.4 is 20.7 Å². The van der Waals surface area contributed by atoms with E-state index >= 15 is 0 Å². The number of hydrogen-bond acceptors (Lipinski definition) is 3. The molecule has 1 atom stereocenters. The van der Waals surface area contributed by atoms with E-state index < -0.39 is 6.61 Å². The van der Waals surface area contributed by atoms with Crippen LogP contribution in [0.25, 0.3) is 0 Å². The fraction of sp³-hybridized carbons (Fsp3) is 0.391. The quantitative estimate of drug-likeness (QED) is 0.414. The smallest absolute Gasteiger partial charge is 0.387 e. The molecule has 0 radical (unpaired) electrons. The molecule has 0 aliphatic carbocycles. The summed E-state index contributed by atoms with van der Waals surface area (Å²) in [6.07, 6.45) is 0.861. The zero-order chi connectivity index (χ0) is 22.8. The van der Waals surface area contributed by atoms with Crippen LogP contribution in [0.3, 0.4) is 0 Å². The van der Waals surface area contributed by atoms with E-state index in [-0.39, 0.29) is 24.2 Å². The van der Waals surface area contributed by atoms with Gasteiger partial charge in [-0.05, 0) is 44.0 Å². The van der Waals surface area contributed by atoms with E-state index in [9.17, 15) is 13.6 Å². The molecule has 6 nitrogen and oxygen atoms in total. The van der Waals surface area contributed by atoms with Gasteiger partial charge < -0.3 is 20.7 Å². The minimum atomic E-state index is -2.89. The van der Waals surface area contributed by atoms with Gasteiger partial charge in [-0.2, -0.15) is 8.78 Å². The van der Waals surface area contributed by atoms with Crippen LogP contribution in [0.4, 0.5) is 8.78 Å². The minimum absolute atomic E-state index is 0.107. The van der Waals surface area contributed by atoms with Crippen molar-refractivity contribution in [1.29, 1.82) is 0 Å². The number of alkyl halides is 2. The topological polar surface area (TPSA) is 74.8 Å². The number of aliphatic imine (C=N–C) groups is 1.